The van der Waals surface area contributed by atoms with Crippen molar-refractivity contribution in [1.82, 2.24) is 9.80 Å². The second kappa shape index (κ2) is 8.50. The first-order chi connectivity index (χ1) is 8.32. The van der Waals surface area contributed by atoms with Gasteiger partial charge < -0.3 is 4.90 Å². The molecule has 1 unspecified atom stereocenters. The molecule has 3 heteroatoms. The fourth-order valence-electron chi connectivity index (χ4n) is 2.27. The van der Waals surface area contributed by atoms with Crippen molar-refractivity contribution in [2.75, 3.05) is 33.7 Å². The number of rotatable bonds is 9. The van der Waals surface area contributed by atoms with Crippen LogP contribution in [-0.2, 0) is 0 Å². The summed E-state index contributed by atoms with van der Waals surface area (Å²) in [4.78, 5) is 4.77. The van der Waals surface area contributed by atoms with Gasteiger partial charge in [-0.05, 0) is 60.8 Å². The van der Waals surface area contributed by atoms with E-state index in [2.05, 4.69) is 43.8 Å². The summed E-state index contributed by atoms with van der Waals surface area (Å²) < 4.78 is 0. The minimum Gasteiger partial charge on any atom is -0.308 e. The topological polar surface area (TPSA) is 30.3 Å². The summed E-state index contributed by atoms with van der Waals surface area (Å²) in [5.74, 6) is 0. The van der Waals surface area contributed by atoms with Crippen LogP contribution in [-0.4, -0.2) is 49.6 Å². The van der Waals surface area contributed by atoms with E-state index in [1.54, 1.807) is 0 Å². The molecule has 0 N–H and O–H groups in total. The summed E-state index contributed by atoms with van der Waals surface area (Å²) in [6, 6.07) is 2.98. The highest BCUT2D eigenvalue weighted by atomic mass is 15.2. The lowest BCUT2D eigenvalue weighted by Crippen LogP contribution is -2.40. The molecule has 0 aromatic rings. The number of likely N-dealkylation sites (N-methyl/N-ethyl adjacent to an activating group) is 2. The van der Waals surface area contributed by atoms with Crippen molar-refractivity contribution >= 4 is 0 Å². The van der Waals surface area contributed by atoms with Crippen LogP contribution in [0.2, 0.25) is 0 Å². The highest BCUT2D eigenvalue weighted by Crippen LogP contribution is 2.21. The van der Waals surface area contributed by atoms with Crippen LogP contribution in [0.25, 0.3) is 0 Å². The Morgan fingerprint density at radius 1 is 1.22 bits per heavy atom. The zero-order valence-electron chi connectivity index (χ0n) is 13.2. The number of hydrogen-bond donors (Lipinski definition) is 0. The van der Waals surface area contributed by atoms with Gasteiger partial charge in [0.2, 0.25) is 0 Å². The molecule has 0 radical (unpaired) electrons. The van der Waals surface area contributed by atoms with E-state index < -0.39 is 0 Å². The van der Waals surface area contributed by atoms with Crippen LogP contribution in [0, 0.1) is 16.7 Å². The van der Waals surface area contributed by atoms with Gasteiger partial charge in [0.1, 0.15) is 0 Å². The minimum atomic E-state index is -0.160. The van der Waals surface area contributed by atoms with Gasteiger partial charge in [-0.1, -0.05) is 13.3 Å². The Morgan fingerprint density at radius 2 is 1.83 bits per heavy atom. The van der Waals surface area contributed by atoms with Gasteiger partial charge in [-0.2, -0.15) is 5.26 Å². The Kier molecular flexibility index (Phi) is 8.22. The highest BCUT2D eigenvalue weighted by molar-refractivity contribution is 4.91. The summed E-state index contributed by atoms with van der Waals surface area (Å²) in [6.07, 6.45) is 3.34. The van der Waals surface area contributed by atoms with Gasteiger partial charge in [-0.3, -0.25) is 4.90 Å². The molecule has 0 fully saturated rings. The minimum absolute atomic E-state index is 0.160. The Labute approximate surface area is 114 Å². The lowest BCUT2D eigenvalue weighted by Gasteiger charge is -2.30. The number of nitriles is 1. The van der Waals surface area contributed by atoms with Gasteiger partial charge >= 0.3 is 0 Å². The third-order valence-corrected chi connectivity index (χ3v) is 3.46. The molecule has 106 valence electrons. The zero-order valence-corrected chi connectivity index (χ0v) is 13.2. The third kappa shape index (κ3) is 7.68. The first kappa shape index (κ1) is 17.4. The Morgan fingerprint density at radius 3 is 2.28 bits per heavy atom. The maximum Gasteiger partial charge on any atom is 0.0683 e. The molecule has 18 heavy (non-hydrogen) atoms. The fraction of sp³-hybridized carbons (Fsp3) is 0.933. The van der Waals surface area contributed by atoms with Gasteiger partial charge in [0.25, 0.3) is 0 Å². The van der Waals surface area contributed by atoms with Gasteiger partial charge in [-0.25, -0.2) is 0 Å². The van der Waals surface area contributed by atoms with Crippen molar-refractivity contribution in [2.45, 2.75) is 53.0 Å². The lowest BCUT2D eigenvalue weighted by atomic mass is 9.89. The van der Waals surface area contributed by atoms with E-state index in [1.807, 2.05) is 13.8 Å². The second-order valence-electron chi connectivity index (χ2n) is 6.19. The van der Waals surface area contributed by atoms with Crippen LogP contribution in [0.15, 0.2) is 0 Å². The quantitative estimate of drug-likeness (QED) is 0.592. The van der Waals surface area contributed by atoms with Gasteiger partial charge in [0.05, 0.1) is 11.5 Å². The van der Waals surface area contributed by atoms with E-state index in [-0.39, 0.29) is 5.41 Å². The van der Waals surface area contributed by atoms with Crippen molar-refractivity contribution in [2.24, 2.45) is 5.41 Å². The second-order valence-corrected chi connectivity index (χ2v) is 6.19. The smallest absolute Gasteiger partial charge is 0.0683 e. The fourth-order valence-corrected chi connectivity index (χ4v) is 2.27. The van der Waals surface area contributed by atoms with Crippen LogP contribution in [0.1, 0.15) is 47.0 Å². The van der Waals surface area contributed by atoms with Crippen molar-refractivity contribution in [3.05, 3.63) is 0 Å². The molecule has 0 aliphatic carbocycles. The SMILES string of the molecule is CCN(CCCCC(C)(C)C#N)C(C)CN(C)C. The molecule has 0 heterocycles. The molecule has 0 saturated carbocycles. The van der Waals surface area contributed by atoms with Crippen LogP contribution in [0.5, 0.6) is 0 Å². The summed E-state index contributed by atoms with van der Waals surface area (Å²) in [5.41, 5.74) is -0.160. The molecule has 0 rings (SSSR count). The van der Waals surface area contributed by atoms with Crippen LogP contribution in [0.4, 0.5) is 0 Å². The molecule has 0 saturated heterocycles. The van der Waals surface area contributed by atoms with Gasteiger partial charge in [-0.15, -0.1) is 0 Å². The summed E-state index contributed by atoms with van der Waals surface area (Å²) in [6.45, 7) is 11.9. The average Bonchev–Trinajstić information content (AvgIpc) is 2.28. The van der Waals surface area contributed by atoms with Crippen LogP contribution in [0.3, 0.4) is 0 Å². The summed E-state index contributed by atoms with van der Waals surface area (Å²) in [5, 5.41) is 8.97. The normalized spacial score (nSPS) is 13.9. The van der Waals surface area contributed by atoms with E-state index in [1.165, 1.54) is 6.42 Å². The Balaban J connectivity index is 3.92. The first-order valence-electron chi connectivity index (χ1n) is 7.12. The van der Waals surface area contributed by atoms with E-state index in [9.17, 15) is 0 Å². The van der Waals surface area contributed by atoms with Crippen LogP contribution < -0.4 is 0 Å². The highest BCUT2D eigenvalue weighted by Gasteiger charge is 2.17. The molecule has 0 spiro atoms. The maximum absolute atomic E-state index is 8.97. The lowest BCUT2D eigenvalue weighted by molar-refractivity contribution is 0.177. The van der Waals surface area contributed by atoms with Crippen molar-refractivity contribution < 1.29 is 0 Å². The number of hydrogen-bond acceptors (Lipinski definition) is 3. The molecular weight excluding hydrogens is 222 g/mol. The molecule has 0 amide bonds. The van der Waals surface area contributed by atoms with Gasteiger partial charge in [0, 0.05) is 12.6 Å². The average molecular weight is 253 g/mol. The van der Waals surface area contributed by atoms with Gasteiger partial charge in [0.15, 0.2) is 0 Å². The van der Waals surface area contributed by atoms with E-state index >= 15 is 0 Å². The van der Waals surface area contributed by atoms with E-state index in [0.717, 1.165) is 32.5 Å². The van der Waals surface area contributed by atoms with E-state index in [4.69, 9.17) is 5.26 Å². The number of unbranched alkanes of at least 4 members (excludes halogenated alkanes) is 1. The van der Waals surface area contributed by atoms with Crippen molar-refractivity contribution in [1.29, 1.82) is 5.26 Å². The van der Waals surface area contributed by atoms with Crippen molar-refractivity contribution in [3.8, 4) is 6.07 Å². The largest absolute Gasteiger partial charge is 0.308 e. The number of nitrogens with zero attached hydrogens (tertiary/aromatic N) is 3. The third-order valence-electron chi connectivity index (χ3n) is 3.46. The molecular formula is C15H31N3. The standard InChI is InChI=1S/C15H31N3/c1-7-18(14(2)12-17(5)6)11-9-8-10-15(3,4)13-16/h14H,7-12H2,1-6H3. The molecule has 0 aromatic carbocycles. The predicted molar refractivity (Wildman–Crippen MR) is 78.5 cm³/mol. The predicted octanol–water partition coefficient (Wildman–Crippen LogP) is 2.98. The first-order valence-corrected chi connectivity index (χ1v) is 7.12. The molecule has 1 atom stereocenters. The Hall–Kier alpha value is -0.590. The monoisotopic (exact) mass is 253 g/mol. The molecule has 0 bridgehead atoms. The zero-order chi connectivity index (χ0) is 14.2. The maximum atomic E-state index is 8.97. The van der Waals surface area contributed by atoms with Crippen LogP contribution >= 0.6 is 0 Å². The Bertz CT molecular complexity index is 253. The van der Waals surface area contributed by atoms with Crippen molar-refractivity contribution in [3.63, 3.8) is 0 Å². The summed E-state index contributed by atoms with van der Waals surface area (Å²) >= 11 is 0. The van der Waals surface area contributed by atoms with E-state index in [0.29, 0.717) is 6.04 Å². The molecule has 0 aromatic heterocycles. The summed E-state index contributed by atoms with van der Waals surface area (Å²) in [7, 11) is 4.25. The molecule has 0 aliphatic rings. The molecule has 0 aliphatic heterocycles. The molecule has 3 nitrogen and oxygen atoms in total.